The minimum Gasteiger partial charge on any atom is -0.384 e. The number of halogens is 3. The van der Waals surface area contributed by atoms with E-state index in [9.17, 15) is 18.3 Å². The van der Waals surface area contributed by atoms with Crippen LogP contribution in [0.25, 0.3) is 0 Å². The molecule has 1 N–H and O–H groups in total. The van der Waals surface area contributed by atoms with Crippen LogP contribution in [0.2, 0.25) is 0 Å². The fourth-order valence-corrected chi connectivity index (χ4v) is 2.62. The molecule has 0 spiro atoms. The Bertz CT molecular complexity index is 644. The summed E-state index contributed by atoms with van der Waals surface area (Å²) in [6.45, 7) is 0.925. The van der Waals surface area contributed by atoms with Gasteiger partial charge in [0.1, 0.15) is 5.60 Å². The van der Waals surface area contributed by atoms with Gasteiger partial charge in [-0.3, -0.25) is 4.90 Å². The lowest BCUT2D eigenvalue weighted by Crippen LogP contribution is -2.30. The van der Waals surface area contributed by atoms with Crippen LogP contribution in [0, 0.1) is 0 Å². The van der Waals surface area contributed by atoms with Crippen molar-refractivity contribution in [2.24, 2.45) is 0 Å². The summed E-state index contributed by atoms with van der Waals surface area (Å²) >= 11 is 0. The van der Waals surface area contributed by atoms with Gasteiger partial charge in [0.15, 0.2) is 0 Å². The first-order chi connectivity index (χ1) is 10.4. The number of hydrogen-bond acceptors (Lipinski definition) is 5. The normalized spacial score (nSPS) is 23.1. The van der Waals surface area contributed by atoms with Crippen LogP contribution in [0.15, 0.2) is 34.9 Å². The molecule has 1 aromatic heterocycles. The summed E-state index contributed by atoms with van der Waals surface area (Å²) in [6, 6.07) is 9.19. The Morgan fingerprint density at radius 1 is 1.27 bits per heavy atom. The molecule has 1 fully saturated rings. The molecular formula is C14H14F3N3O2. The summed E-state index contributed by atoms with van der Waals surface area (Å²) in [5.41, 5.74) is -0.215. The Balaban J connectivity index is 1.67. The van der Waals surface area contributed by atoms with Crippen molar-refractivity contribution < 1.29 is 22.8 Å². The Kier molecular flexibility index (Phi) is 3.65. The largest absolute Gasteiger partial charge is 0.455 e. The fraction of sp³-hybridized carbons (Fsp3) is 0.429. The minimum absolute atomic E-state index is 0.0816. The highest BCUT2D eigenvalue weighted by molar-refractivity contribution is 5.24. The summed E-state index contributed by atoms with van der Waals surface area (Å²) in [5.74, 6) is -1.38. The van der Waals surface area contributed by atoms with Crippen molar-refractivity contribution in [2.45, 2.75) is 24.7 Å². The molecule has 0 saturated carbocycles. The first kappa shape index (κ1) is 15.0. The van der Waals surface area contributed by atoms with Crippen LogP contribution in [-0.4, -0.2) is 33.2 Å². The number of β-amino-alcohol motifs (C(OH)–C–C–N with tert-alkyl or cyclic N) is 1. The van der Waals surface area contributed by atoms with Crippen LogP contribution >= 0.6 is 0 Å². The lowest BCUT2D eigenvalue weighted by Gasteiger charge is -2.23. The van der Waals surface area contributed by atoms with Crippen LogP contribution in [0.3, 0.4) is 0 Å². The van der Waals surface area contributed by atoms with Crippen molar-refractivity contribution in [3.63, 3.8) is 0 Å². The molecule has 2 aromatic rings. The third-order valence-electron chi connectivity index (χ3n) is 3.72. The molecule has 22 heavy (non-hydrogen) atoms. The Labute approximate surface area is 124 Å². The molecule has 0 unspecified atom stereocenters. The van der Waals surface area contributed by atoms with Gasteiger partial charge in [-0.15, -0.1) is 0 Å². The van der Waals surface area contributed by atoms with E-state index >= 15 is 0 Å². The molecule has 118 valence electrons. The highest BCUT2D eigenvalue weighted by Crippen LogP contribution is 2.32. The lowest BCUT2D eigenvalue weighted by molar-refractivity contribution is -0.146. The molecule has 1 aromatic carbocycles. The summed E-state index contributed by atoms with van der Waals surface area (Å²) in [4.78, 5) is 5.13. The molecule has 0 amide bonds. The summed E-state index contributed by atoms with van der Waals surface area (Å²) in [6.07, 6.45) is -4.12. The number of hydrogen-bond donors (Lipinski definition) is 1. The Morgan fingerprint density at radius 3 is 2.64 bits per heavy atom. The van der Waals surface area contributed by atoms with Crippen LogP contribution in [0.4, 0.5) is 13.2 Å². The van der Waals surface area contributed by atoms with Gasteiger partial charge in [-0.1, -0.05) is 35.5 Å². The van der Waals surface area contributed by atoms with Gasteiger partial charge in [0.05, 0.1) is 6.54 Å². The number of likely N-dealkylation sites (tertiary alicyclic amines) is 1. The number of rotatable bonds is 3. The second-order valence-corrected chi connectivity index (χ2v) is 5.37. The number of benzene rings is 1. The zero-order valence-corrected chi connectivity index (χ0v) is 11.5. The van der Waals surface area contributed by atoms with Crippen molar-refractivity contribution >= 4 is 0 Å². The maximum absolute atomic E-state index is 12.4. The van der Waals surface area contributed by atoms with E-state index in [1.165, 1.54) is 0 Å². The third kappa shape index (κ3) is 2.97. The van der Waals surface area contributed by atoms with Crippen LogP contribution in [-0.2, 0) is 18.3 Å². The molecule has 5 nitrogen and oxygen atoms in total. The molecule has 1 aliphatic rings. The first-order valence-electron chi connectivity index (χ1n) is 6.77. The predicted molar refractivity (Wildman–Crippen MR) is 69.5 cm³/mol. The molecule has 3 rings (SSSR count). The van der Waals surface area contributed by atoms with E-state index in [-0.39, 0.29) is 12.4 Å². The van der Waals surface area contributed by atoms with Crippen molar-refractivity contribution in [1.29, 1.82) is 0 Å². The Hall–Kier alpha value is -1.93. The predicted octanol–water partition coefficient (Wildman–Crippen LogP) is 2.18. The van der Waals surface area contributed by atoms with Crippen molar-refractivity contribution in [2.75, 3.05) is 13.1 Å². The van der Waals surface area contributed by atoms with Gasteiger partial charge in [-0.25, -0.2) is 0 Å². The van der Waals surface area contributed by atoms with E-state index in [1.54, 1.807) is 4.90 Å². The van der Waals surface area contributed by atoms with Gasteiger partial charge >= 0.3 is 6.18 Å². The van der Waals surface area contributed by atoms with E-state index in [0.29, 0.717) is 19.5 Å². The fourth-order valence-electron chi connectivity index (χ4n) is 2.62. The van der Waals surface area contributed by atoms with Crippen molar-refractivity contribution in [3.8, 4) is 0 Å². The minimum atomic E-state index is -4.61. The van der Waals surface area contributed by atoms with Gasteiger partial charge in [-0.05, 0) is 12.0 Å². The van der Waals surface area contributed by atoms with E-state index < -0.39 is 17.6 Å². The van der Waals surface area contributed by atoms with E-state index in [2.05, 4.69) is 14.7 Å². The molecule has 0 radical (unpaired) electrons. The molecule has 1 aliphatic heterocycles. The molecule has 2 heterocycles. The van der Waals surface area contributed by atoms with Crippen LogP contribution < -0.4 is 0 Å². The molecular weight excluding hydrogens is 299 g/mol. The maximum Gasteiger partial charge on any atom is 0.455 e. The van der Waals surface area contributed by atoms with E-state index in [4.69, 9.17) is 0 Å². The molecule has 1 saturated heterocycles. The number of nitrogens with zero attached hydrogens (tertiary/aromatic N) is 3. The molecule has 1 atom stereocenters. The van der Waals surface area contributed by atoms with E-state index in [0.717, 1.165) is 5.56 Å². The van der Waals surface area contributed by atoms with Gasteiger partial charge < -0.3 is 9.63 Å². The van der Waals surface area contributed by atoms with Gasteiger partial charge in [0.2, 0.25) is 5.89 Å². The summed E-state index contributed by atoms with van der Waals surface area (Å²) in [5, 5.41) is 13.6. The maximum atomic E-state index is 12.4. The van der Waals surface area contributed by atoms with Crippen molar-refractivity contribution in [1.82, 2.24) is 15.0 Å². The lowest BCUT2D eigenvalue weighted by atomic mass is 9.93. The van der Waals surface area contributed by atoms with E-state index in [1.807, 2.05) is 30.3 Å². The number of aliphatic hydroxyl groups is 1. The Morgan fingerprint density at radius 2 is 2.00 bits per heavy atom. The van der Waals surface area contributed by atoms with Crippen LogP contribution in [0.5, 0.6) is 0 Å². The average molecular weight is 313 g/mol. The first-order valence-corrected chi connectivity index (χ1v) is 6.77. The van der Waals surface area contributed by atoms with Crippen molar-refractivity contribution in [3.05, 3.63) is 47.6 Å². The quantitative estimate of drug-likeness (QED) is 0.941. The molecule has 0 aliphatic carbocycles. The highest BCUT2D eigenvalue weighted by atomic mass is 19.4. The topological polar surface area (TPSA) is 62.4 Å². The van der Waals surface area contributed by atoms with Gasteiger partial charge in [0.25, 0.3) is 5.82 Å². The molecule has 8 heteroatoms. The summed E-state index contributed by atoms with van der Waals surface area (Å²) in [7, 11) is 0. The zero-order valence-electron chi connectivity index (χ0n) is 11.5. The van der Waals surface area contributed by atoms with Gasteiger partial charge in [0, 0.05) is 13.1 Å². The second-order valence-electron chi connectivity index (χ2n) is 5.37. The molecule has 0 bridgehead atoms. The SMILES string of the molecule is O[C@]1(c2ccccc2)CCN(Cc2nc(C(F)(F)F)no2)C1. The third-order valence-corrected chi connectivity index (χ3v) is 3.72. The standard InChI is InChI=1S/C14H14F3N3O2/c15-14(16,17)12-18-11(22-19-12)8-20-7-6-13(21,9-20)10-4-2-1-3-5-10/h1-5,21H,6-9H2/t13-/m1/s1. The smallest absolute Gasteiger partial charge is 0.384 e. The zero-order chi connectivity index (χ0) is 15.8. The monoisotopic (exact) mass is 313 g/mol. The van der Waals surface area contributed by atoms with Crippen LogP contribution in [0.1, 0.15) is 23.7 Å². The average Bonchev–Trinajstić information content (AvgIpc) is 3.08. The van der Waals surface area contributed by atoms with Gasteiger partial charge in [-0.2, -0.15) is 18.2 Å². The number of alkyl halides is 3. The number of aromatic nitrogens is 2. The highest BCUT2D eigenvalue weighted by Gasteiger charge is 2.40. The summed E-state index contributed by atoms with van der Waals surface area (Å²) < 4.78 is 41.9. The second kappa shape index (κ2) is 5.36.